The highest BCUT2D eigenvalue weighted by Crippen LogP contribution is 2.26. The molecule has 0 aromatic rings. The third-order valence-electron chi connectivity index (χ3n) is 1.97. The lowest BCUT2D eigenvalue weighted by Crippen LogP contribution is -2.54. The van der Waals surface area contributed by atoms with Crippen LogP contribution in [0.3, 0.4) is 0 Å². The first-order chi connectivity index (χ1) is 7.90. The summed E-state index contributed by atoms with van der Waals surface area (Å²) in [7, 11) is -6.00. The van der Waals surface area contributed by atoms with Crippen molar-refractivity contribution < 1.29 is 17.8 Å². The van der Waals surface area contributed by atoms with Crippen LogP contribution in [0.2, 0.25) is 45.8 Å². The van der Waals surface area contributed by atoms with Crippen LogP contribution in [0.5, 0.6) is 0 Å². The zero-order valence-corrected chi connectivity index (χ0v) is 15.6. The van der Waals surface area contributed by atoms with Crippen molar-refractivity contribution in [1.82, 2.24) is 0 Å². The van der Waals surface area contributed by atoms with E-state index in [-0.39, 0.29) is 6.61 Å². The Kier molecular flexibility index (Phi) is 6.21. The first kappa shape index (κ1) is 17.8. The van der Waals surface area contributed by atoms with E-state index >= 15 is 0 Å². The van der Waals surface area contributed by atoms with E-state index in [2.05, 4.69) is 45.9 Å². The second kappa shape index (κ2) is 6.29. The van der Waals surface area contributed by atoms with Gasteiger partial charge in [0, 0.05) is 5.20 Å². The fourth-order valence-corrected chi connectivity index (χ4v) is 13.0. The molecule has 0 amide bonds. The molecule has 0 aliphatic rings. The molecule has 7 heteroatoms. The molecule has 0 N–H and O–H groups in total. The summed E-state index contributed by atoms with van der Waals surface area (Å²) in [6.45, 7) is 19.4. The molecule has 0 atom stereocenters. The smallest absolute Gasteiger partial charge is 0.347 e. The number of hydrogen-bond acceptors (Lipinski definition) is 4. The Labute approximate surface area is 114 Å². The minimum absolute atomic E-state index is 0.182. The minimum Gasteiger partial charge on any atom is -0.464 e. The van der Waals surface area contributed by atoms with Crippen LogP contribution in [0.15, 0.2) is 11.8 Å². The third-order valence-corrected chi connectivity index (χ3v) is 11.4. The molecule has 18 heavy (non-hydrogen) atoms. The molecule has 0 saturated heterocycles. The van der Waals surface area contributed by atoms with Gasteiger partial charge in [-0.25, -0.2) is 0 Å². The van der Waals surface area contributed by atoms with Gasteiger partial charge in [0.15, 0.2) is 16.6 Å². The Morgan fingerprint density at radius 2 is 1.39 bits per heavy atom. The van der Waals surface area contributed by atoms with Crippen molar-refractivity contribution in [3.63, 3.8) is 0 Å². The van der Waals surface area contributed by atoms with Crippen LogP contribution >= 0.6 is 0 Å². The largest absolute Gasteiger partial charge is 0.464 e. The minimum atomic E-state index is -2.52. The molecule has 4 nitrogen and oxygen atoms in total. The predicted molar refractivity (Wildman–Crippen MR) is 81.6 cm³/mol. The molecule has 0 aromatic heterocycles. The van der Waals surface area contributed by atoms with Gasteiger partial charge < -0.3 is 13.0 Å². The van der Waals surface area contributed by atoms with E-state index in [1.165, 1.54) is 0 Å². The average molecular weight is 307 g/mol. The topological polar surface area (TPSA) is 44.8 Å². The van der Waals surface area contributed by atoms with Crippen LogP contribution in [0.1, 0.15) is 0 Å². The van der Waals surface area contributed by atoms with Gasteiger partial charge in [0.25, 0.3) is 6.47 Å². The molecule has 0 rings (SSSR count). The maximum Gasteiger partial charge on any atom is 0.347 e. The fraction of sp³-hybridized carbons (Fsp3) is 0.727. The molecule has 0 radical (unpaired) electrons. The van der Waals surface area contributed by atoms with E-state index in [9.17, 15) is 4.79 Å². The standard InChI is InChI=1S/C11H26O4Si3/c1-11(9-13-10-12)18(8,14-16(2,3)4)15-17(5,6)7/h10H,1,9H2,2-8H3. The number of ether oxygens (including phenoxy) is 1. The lowest BCUT2D eigenvalue weighted by Gasteiger charge is -2.39. The first-order valence-corrected chi connectivity index (χ1v) is 15.2. The summed E-state index contributed by atoms with van der Waals surface area (Å²) in [6, 6.07) is 0. The Bertz CT molecular complexity index is 288. The van der Waals surface area contributed by atoms with Crippen molar-refractivity contribution in [2.45, 2.75) is 45.8 Å². The van der Waals surface area contributed by atoms with Crippen molar-refractivity contribution in [3.8, 4) is 0 Å². The highest BCUT2D eigenvalue weighted by Gasteiger charge is 2.43. The van der Waals surface area contributed by atoms with Gasteiger partial charge >= 0.3 is 8.56 Å². The molecule has 0 spiro atoms. The Morgan fingerprint density at radius 3 is 1.67 bits per heavy atom. The monoisotopic (exact) mass is 306 g/mol. The van der Waals surface area contributed by atoms with Crippen molar-refractivity contribution in [3.05, 3.63) is 11.8 Å². The highest BCUT2D eigenvalue weighted by molar-refractivity contribution is 6.90. The normalized spacial score (nSPS) is 13.3. The summed E-state index contributed by atoms with van der Waals surface area (Å²) in [5.41, 5.74) is 0. The molecule has 0 aliphatic carbocycles. The molecule has 106 valence electrons. The summed E-state index contributed by atoms with van der Waals surface area (Å²) >= 11 is 0. The second-order valence-corrected chi connectivity index (χ2v) is 19.1. The van der Waals surface area contributed by atoms with E-state index in [1.807, 2.05) is 6.55 Å². The molecule has 0 unspecified atom stereocenters. The van der Waals surface area contributed by atoms with E-state index in [0.717, 1.165) is 5.20 Å². The highest BCUT2D eigenvalue weighted by atomic mass is 28.5. The van der Waals surface area contributed by atoms with E-state index in [4.69, 9.17) is 13.0 Å². The van der Waals surface area contributed by atoms with Crippen molar-refractivity contribution >= 4 is 31.7 Å². The summed E-state index contributed by atoms with van der Waals surface area (Å²) in [5.74, 6) is 0. The molecular weight excluding hydrogens is 280 g/mol. The van der Waals surface area contributed by atoms with Gasteiger partial charge in [-0.05, 0) is 45.8 Å². The SMILES string of the molecule is C=C(COC=O)[Si](C)(O[Si](C)(C)C)O[Si](C)(C)C. The number of carbonyl (C=O) groups excluding carboxylic acids is 1. The molecular formula is C11H26O4Si3. The fourth-order valence-electron chi connectivity index (χ4n) is 1.60. The van der Waals surface area contributed by atoms with Crippen LogP contribution < -0.4 is 0 Å². The van der Waals surface area contributed by atoms with Gasteiger partial charge in [0.2, 0.25) is 0 Å². The van der Waals surface area contributed by atoms with Gasteiger partial charge in [-0.2, -0.15) is 0 Å². The molecule has 0 heterocycles. The van der Waals surface area contributed by atoms with Crippen molar-refractivity contribution in [2.75, 3.05) is 6.61 Å². The Morgan fingerprint density at radius 1 is 1.00 bits per heavy atom. The maximum atomic E-state index is 10.3. The Hall–Kier alpha value is -0.219. The van der Waals surface area contributed by atoms with Crippen LogP contribution in [0, 0.1) is 0 Å². The van der Waals surface area contributed by atoms with Crippen LogP contribution in [-0.4, -0.2) is 38.3 Å². The van der Waals surface area contributed by atoms with Gasteiger partial charge in [0.1, 0.15) is 6.61 Å². The van der Waals surface area contributed by atoms with E-state index in [1.54, 1.807) is 0 Å². The molecule has 0 saturated carbocycles. The molecule has 0 bridgehead atoms. The van der Waals surface area contributed by atoms with Crippen molar-refractivity contribution in [2.24, 2.45) is 0 Å². The second-order valence-electron chi connectivity index (χ2n) is 6.39. The van der Waals surface area contributed by atoms with Gasteiger partial charge in [-0.3, -0.25) is 4.79 Å². The van der Waals surface area contributed by atoms with Crippen LogP contribution in [-0.2, 0) is 17.8 Å². The number of rotatable bonds is 8. The maximum absolute atomic E-state index is 10.3. The number of hydrogen-bond donors (Lipinski definition) is 0. The van der Waals surface area contributed by atoms with Crippen LogP contribution in [0.4, 0.5) is 0 Å². The first-order valence-electron chi connectivity index (χ1n) is 6.03. The summed E-state index contributed by atoms with van der Waals surface area (Å²) in [5, 5.41) is 0.777. The van der Waals surface area contributed by atoms with Gasteiger partial charge in [0.05, 0.1) is 0 Å². The molecule has 0 fully saturated rings. The summed E-state index contributed by atoms with van der Waals surface area (Å²) < 4.78 is 17.3. The van der Waals surface area contributed by atoms with Gasteiger partial charge in [-0.1, -0.05) is 6.58 Å². The lowest BCUT2D eigenvalue weighted by molar-refractivity contribution is -0.127. The average Bonchev–Trinajstić information content (AvgIpc) is 2.07. The third kappa shape index (κ3) is 7.27. The predicted octanol–water partition coefficient (Wildman–Crippen LogP) is 3.03. The van der Waals surface area contributed by atoms with Crippen LogP contribution in [0.25, 0.3) is 0 Å². The molecule has 0 aromatic carbocycles. The summed E-state index contributed by atoms with van der Waals surface area (Å²) in [6.07, 6.45) is 0. The number of carbonyl (C=O) groups is 1. The van der Waals surface area contributed by atoms with Crippen molar-refractivity contribution in [1.29, 1.82) is 0 Å². The lowest BCUT2D eigenvalue weighted by atomic mass is 10.7. The Balaban J connectivity index is 5.02. The van der Waals surface area contributed by atoms with Gasteiger partial charge in [-0.15, -0.1) is 0 Å². The molecule has 0 aliphatic heterocycles. The zero-order valence-electron chi connectivity index (χ0n) is 12.6. The quantitative estimate of drug-likeness (QED) is 0.511. The zero-order chi connectivity index (χ0) is 14.6. The summed E-state index contributed by atoms with van der Waals surface area (Å²) in [4.78, 5) is 10.3. The van der Waals surface area contributed by atoms with E-state index < -0.39 is 25.2 Å². The van der Waals surface area contributed by atoms with E-state index in [0.29, 0.717) is 6.47 Å².